The molecule has 0 atom stereocenters. The Hall–Kier alpha value is -1.57. The van der Waals surface area contributed by atoms with E-state index in [1.165, 1.54) is 6.33 Å². The minimum absolute atomic E-state index is 0.0737. The van der Waals surface area contributed by atoms with E-state index < -0.39 is 5.97 Å². The van der Waals surface area contributed by atoms with Crippen molar-refractivity contribution in [3.05, 3.63) is 12.2 Å². The molecule has 82 valence electrons. The van der Waals surface area contributed by atoms with Crippen LogP contribution in [0.1, 0.15) is 5.82 Å². The van der Waals surface area contributed by atoms with Gasteiger partial charge in [0.05, 0.1) is 18.1 Å². The molecule has 0 aliphatic carbocycles. The summed E-state index contributed by atoms with van der Waals surface area (Å²) in [5.74, 6) is -0.539. The maximum absolute atomic E-state index is 11.1. The molecule has 1 rings (SSSR count). The monoisotopic (exact) mass is 230 g/mol. The summed E-state index contributed by atoms with van der Waals surface area (Å²) in [4.78, 5) is 25.1. The topological polar surface area (TPSA) is 108 Å². The second-order valence-corrected chi connectivity index (χ2v) is 3.58. The average Bonchev–Trinajstić information content (AvgIpc) is 2.66. The Labute approximate surface area is 89.7 Å². The summed E-state index contributed by atoms with van der Waals surface area (Å²) in [6.45, 7) is 0.270. The van der Waals surface area contributed by atoms with Gasteiger partial charge in [-0.3, -0.25) is 14.7 Å². The number of rotatable bonds is 6. The van der Waals surface area contributed by atoms with Crippen molar-refractivity contribution < 1.29 is 14.7 Å². The van der Waals surface area contributed by atoms with Crippen LogP contribution in [0.15, 0.2) is 6.33 Å². The average molecular weight is 230 g/mol. The van der Waals surface area contributed by atoms with Gasteiger partial charge >= 0.3 is 5.97 Å². The van der Waals surface area contributed by atoms with E-state index in [0.29, 0.717) is 5.82 Å². The van der Waals surface area contributed by atoms with Gasteiger partial charge in [-0.2, -0.15) is 5.10 Å². The third kappa shape index (κ3) is 5.01. The molecule has 0 fully saturated rings. The fourth-order valence-electron chi connectivity index (χ4n) is 0.780. The molecule has 0 aromatic carbocycles. The van der Waals surface area contributed by atoms with E-state index in [0.717, 1.165) is 11.8 Å². The van der Waals surface area contributed by atoms with Crippen molar-refractivity contribution in [1.29, 1.82) is 0 Å². The third-order valence-electron chi connectivity index (χ3n) is 1.38. The van der Waals surface area contributed by atoms with E-state index in [1.54, 1.807) is 0 Å². The minimum Gasteiger partial charge on any atom is -0.481 e. The van der Waals surface area contributed by atoms with Crippen molar-refractivity contribution in [2.24, 2.45) is 0 Å². The number of aromatic amines is 1. The molecule has 0 radical (unpaired) electrons. The number of amides is 1. The highest BCUT2D eigenvalue weighted by Crippen LogP contribution is 1.98. The first-order valence-corrected chi connectivity index (χ1v) is 5.24. The number of nitrogens with one attached hydrogen (secondary N) is 2. The number of aliphatic carboxylic acids is 1. The number of hydrogen-bond acceptors (Lipinski definition) is 5. The lowest BCUT2D eigenvalue weighted by Gasteiger charge is -2.01. The summed E-state index contributed by atoms with van der Waals surface area (Å²) in [7, 11) is 0. The van der Waals surface area contributed by atoms with Crippen LogP contribution in [0.2, 0.25) is 0 Å². The minimum atomic E-state index is -0.928. The third-order valence-corrected chi connectivity index (χ3v) is 2.29. The molecule has 1 aromatic heterocycles. The van der Waals surface area contributed by atoms with Crippen LogP contribution < -0.4 is 5.32 Å². The first-order valence-electron chi connectivity index (χ1n) is 4.09. The van der Waals surface area contributed by atoms with Crippen molar-refractivity contribution in [3.8, 4) is 0 Å². The zero-order valence-corrected chi connectivity index (χ0v) is 8.58. The maximum atomic E-state index is 11.1. The fourth-order valence-corrected chi connectivity index (χ4v) is 1.34. The second kappa shape index (κ2) is 6.02. The van der Waals surface area contributed by atoms with Crippen LogP contribution >= 0.6 is 11.8 Å². The number of aromatic nitrogens is 3. The van der Waals surface area contributed by atoms with E-state index in [2.05, 4.69) is 20.5 Å². The Bertz CT molecular complexity index is 327. The number of hydrogen-bond donors (Lipinski definition) is 3. The van der Waals surface area contributed by atoms with Gasteiger partial charge in [-0.25, -0.2) is 4.98 Å². The van der Waals surface area contributed by atoms with Gasteiger partial charge in [-0.1, -0.05) is 0 Å². The van der Waals surface area contributed by atoms with Gasteiger partial charge in [0.25, 0.3) is 0 Å². The Morgan fingerprint density at radius 1 is 1.53 bits per heavy atom. The second-order valence-electron chi connectivity index (χ2n) is 2.60. The van der Waals surface area contributed by atoms with Gasteiger partial charge < -0.3 is 10.4 Å². The fraction of sp³-hybridized carbons (Fsp3) is 0.429. The summed E-state index contributed by atoms with van der Waals surface area (Å²) < 4.78 is 0. The molecule has 0 unspecified atom stereocenters. The Morgan fingerprint density at radius 2 is 2.33 bits per heavy atom. The predicted octanol–water partition coefficient (Wildman–Crippen LogP) is -0.761. The lowest BCUT2D eigenvalue weighted by molar-refractivity contribution is -0.133. The van der Waals surface area contributed by atoms with Gasteiger partial charge in [-0.15, -0.1) is 11.8 Å². The molecular weight excluding hydrogens is 220 g/mol. The number of nitrogens with zero attached hydrogens (tertiary/aromatic N) is 2. The van der Waals surface area contributed by atoms with E-state index in [1.807, 2.05) is 0 Å². The molecule has 1 amide bonds. The van der Waals surface area contributed by atoms with Crippen LogP contribution in [-0.2, 0) is 16.1 Å². The summed E-state index contributed by atoms with van der Waals surface area (Å²) in [6, 6.07) is 0. The van der Waals surface area contributed by atoms with E-state index in [9.17, 15) is 9.59 Å². The van der Waals surface area contributed by atoms with Gasteiger partial charge in [0.1, 0.15) is 12.2 Å². The summed E-state index contributed by atoms with van der Waals surface area (Å²) in [6.07, 6.45) is 1.35. The molecule has 0 spiro atoms. The summed E-state index contributed by atoms with van der Waals surface area (Å²) in [5, 5.41) is 17.1. The van der Waals surface area contributed by atoms with Gasteiger partial charge in [0, 0.05) is 0 Å². The van der Waals surface area contributed by atoms with Crippen molar-refractivity contribution in [3.63, 3.8) is 0 Å². The molecular formula is C7H10N4O3S. The van der Waals surface area contributed by atoms with Crippen molar-refractivity contribution in [1.82, 2.24) is 20.5 Å². The highest BCUT2D eigenvalue weighted by molar-refractivity contribution is 8.00. The lowest BCUT2D eigenvalue weighted by atomic mass is 10.5. The molecule has 8 heteroatoms. The largest absolute Gasteiger partial charge is 0.481 e. The molecule has 0 aliphatic rings. The molecule has 1 aromatic rings. The Kier molecular flexibility index (Phi) is 4.61. The van der Waals surface area contributed by atoms with Gasteiger partial charge in [-0.05, 0) is 0 Å². The molecule has 0 bridgehead atoms. The van der Waals surface area contributed by atoms with Crippen LogP contribution in [0.25, 0.3) is 0 Å². The smallest absolute Gasteiger partial charge is 0.313 e. The molecule has 0 saturated heterocycles. The molecule has 3 N–H and O–H groups in total. The number of thioether (sulfide) groups is 1. The predicted molar refractivity (Wildman–Crippen MR) is 53.2 cm³/mol. The molecule has 0 saturated carbocycles. The quantitative estimate of drug-likeness (QED) is 0.592. The van der Waals surface area contributed by atoms with Crippen LogP contribution in [0, 0.1) is 0 Å². The SMILES string of the molecule is O=C(O)CSCC(=O)NCc1ncn[nH]1. The van der Waals surface area contributed by atoms with E-state index >= 15 is 0 Å². The molecule has 15 heavy (non-hydrogen) atoms. The van der Waals surface area contributed by atoms with Crippen molar-refractivity contribution in [2.45, 2.75) is 6.54 Å². The number of carbonyl (C=O) groups excluding carboxylic acids is 1. The highest BCUT2D eigenvalue weighted by Gasteiger charge is 2.04. The molecule has 0 aliphatic heterocycles. The van der Waals surface area contributed by atoms with Crippen LogP contribution in [-0.4, -0.2) is 43.7 Å². The van der Waals surface area contributed by atoms with Gasteiger partial charge in [0.15, 0.2) is 0 Å². The Balaban J connectivity index is 2.11. The van der Waals surface area contributed by atoms with E-state index in [4.69, 9.17) is 5.11 Å². The number of carboxylic acids is 1. The molecule has 1 heterocycles. The Morgan fingerprint density at radius 3 is 2.93 bits per heavy atom. The first-order chi connectivity index (χ1) is 7.18. The zero-order valence-electron chi connectivity index (χ0n) is 7.77. The van der Waals surface area contributed by atoms with Crippen molar-refractivity contribution >= 4 is 23.6 Å². The number of carboxylic acid groups (broad SMARTS) is 1. The maximum Gasteiger partial charge on any atom is 0.313 e. The summed E-state index contributed by atoms with van der Waals surface area (Å²) in [5.41, 5.74) is 0. The first kappa shape index (κ1) is 11.5. The number of carbonyl (C=O) groups is 2. The zero-order chi connectivity index (χ0) is 11.1. The van der Waals surface area contributed by atoms with Crippen molar-refractivity contribution in [2.75, 3.05) is 11.5 Å². The highest BCUT2D eigenvalue weighted by atomic mass is 32.2. The summed E-state index contributed by atoms with van der Waals surface area (Å²) >= 11 is 1.05. The van der Waals surface area contributed by atoms with Crippen LogP contribution in [0.5, 0.6) is 0 Å². The van der Waals surface area contributed by atoms with E-state index in [-0.39, 0.29) is 24.0 Å². The van der Waals surface area contributed by atoms with Crippen LogP contribution in [0.3, 0.4) is 0 Å². The van der Waals surface area contributed by atoms with Crippen LogP contribution in [0.4, 0.5) is 0 Å². The molecule has 7 nitrogen and oxygen atoms in total. The van der Waals surface area contributed by atoms with Gasteiger partial charge in [0.2, 0.25) is 5.91 Å². The standard InChI is InChI=1S/C7H10N4O3S/c12-6(2-15-3-7(13)14)8-1-5-9-4-10-11-5/h4H,1-3H2,(H,8,12)(H,13,14)(H,9,10,11). The normalized spacial score (nSPS) is 9.87. The lowest BCUT2D eigenvalue weighted by Crippen LogP contribution is -2.25. The number of H-pyrrole nitrogens is 1.